The van der Waals surface area contributed by atoms with E-state index in [1.54, 1.807) is 14.2 Å². The Bertz CT molecular complexity index is 412. The molecule has 0 amide bonds. The minimum atomic E-state index is 0. The number of nitrogens with one attached hydrogen (secondary N) is 2. The second-order valence-electron chi connectivity index (χ2n) is 4.55. The van der Waals surface area contributed by atoms with Crippen molar-refractivity contribution in [3.05, 3.63) is 29.6 Å². The molecule has 0 bridgehead atoms. The SMILES string of the molecule is CN=C(NCCc1ccncc1C)NC(C)COC.I. The monoisotopic (exact) mass is 392 g/mol. The van der Waals surface area contributed by atoms with Crippen molar-refractivity contribution in [2.75, 3.05) is 27.3 Å². The number of guanidine groups is 1. The molecular weight excluding hydrogens is 367 g/mol. The third kappa shape index (κ3) is 7.04. The first-order valence-electron chi connectivity index (χ1n) is 6.53. The van der Waals surface area contributed by atoms with E-state index in [0.29, 0.717) is 6.61 Å². The van der Waals surface area contributed by atoms with Crippen molar-refractivity contribution in [3.63, 3.8) is 0 Å². The number of pyridine rings is 1. The summed E-state index contributed by atoms with van der Waals surface area (Å²) in [6.07, 6.45) is 4.67. The first-order valence-corrected chi connectivity index (χ1v) is 6.53. The Balaban J connectivity index is 0.00000361. The van der Waals surface area contributed by atoms with Gasteiger partial charge in [-0.15, -0.1) is 24.0 Å². The molecular formula is C14H25IN4O. The van der Waals surface area contributed by atoms with Gasteiger partial charge >= 0.3 is 0 Å². The Kier molecular flexibility index (Phi) is 10.4. The first kappa shape index (κ1) is 19.1. The molecule has 0 aliphatic rings. The highest BCUT2D eigenvalue weighted by Gasteiger charge is 2.04. The molecule has 0 spiro atoms. The highest BCUT2D eigenvalue weighted by atomic mass is 127. The van der Waals surface area contributed by atoms with Crippen molar-refractivity contribution < 1.29 is 4.74 Å². The number of aliphatic imine (C=N–C) groups is 1. The molecule has 114 valence electrons. The van der Waals surface area contributed by atoms with E-state index in [1.807, 2.05) is 12.4 Å². The quantitative estimate of drug-likeness (QED) is 0.440. The van der Waals surface area contributed by atoms with Crippen molar-refractivity contribution in [1.29, 1.82) is 0 Å². The van der Waals surface area contributed by atoms with Gasteiger partial charge in [0.25, 0.3) is 0 Å². The van der Waals surface area contributed by atoms with Crippen LogP contribution in [0.4, 0.5) is 0 Å². The molecule has 6 heteroatoms. The van der Waals surface area contributed by atoms with Crippen LogP contribution in [-0.2, 0) is 11.2 Å². The average Bonchev–Trinajstić information content (AvgIpc) is 2.40. The highest BCUT2D eigenvalue weighted by Crippen LogP contribution is 2.04. The van der Waals surface area contributed by atoms with Gasteiger partial charge in [0.1, 0.15) is 0 Å². The summed E-state index contributed by atoms with van der Waals surface area (Å²) < 4.78 is 5.09. The van der Waals surface area contributed by atoms with Crippen LogP contribution in [-0.4, -0.2) is 44.3 Å². The molecule has 0 saturated heterocycles. The van der Waals surface area contributed by atoms with Gasteiger partial charge in [0.2, 0.25) is 0 Å². The molecule has 1 aromatic rings. The van der Waals surface area contributed by atoms with Crippen molar-refractivity contribution in [3.8, 4) is 0 Å². The van der Waals surface area contributed by atoms with E-state index in [4.69, 9.17) is 4.74 Å². The van der Waals surface area contributed by atoms with Crippen LogP contribution in [0.25, 0.3) is 0 Å². The lowest BCUT2D eigenvalue weighted by Crippen LogP contribution is -2.44. The topological polar surface area (TPSA) is 58.5 Å². The number of halogens is 1. The number of aromatic nitrogens is 1. The van der Waals surface area contributed by atoms with Crippen LogP contribution in [0.1, 0.15) is 18.1 Å². The van der Waals surface area contributed by atoms with Crippen LogP contribution in [0, 0.1) is 6.92 Å². The summed E-state index contributed by atoms with van der Waals surface area (Å²) >= 11 is 0. The van der Waals surface area contributed by atoms with Crippen LogP contribution in [0.15, 0.2) is 23.5 Å². The van der Waals surface area contributed by atoms with Gasteiger partial charge in [0.15, 0.2) is 5.96 Å². The zero-order valence-electron chi connectivity index (χ0n) is 12.6. The fraction of sp³-hybridized carbons (Fsp3) is 0.571. The van der Waals surface area contributed by atoms with Crippen LogP contribution >= 0.6 is 24.0 Å². The summed E-state index contributed by atoms with van der Waals surface area (Å²) in [6.45, 7) is 5.63. The van der Waals surface area contributed by atoms with Gasteiger partial charge in [0, 0.05) is 39.1 Å². The second-order valence-corrected chi connectivity index (χ2v) is 4.55. The molecule has 2 N–H and O–H groups in total. The fourth-order valence-corrected chi connectivity index (χ4v) is 1.82. The highest BCUT2D eigenvalue weighted by molar-refractivity contribution is 14.0. The summed E-state index contributed by atoms with van der Waals surface area (Å²) in [5.41, 5.74) is 2.53. The molecule has 1 heterocycles. The van der Waals surface area contributed by atoms with Crippen molar-refractivity contribution in [2.24, 2.45) is 4.99 Å². The number of hydrogen-bond donors (Lipinski definition) is 2. The smallest absolute Gasteiger partial charge is 0.191 e. The van der Waals surface area contributed by atoms with Gasteiger partial charge in [-0.1, -0.05) is 0 Å². The molecule has 1 aromatic heterocycles. The third-order valence-corrected chi connectivity index (χ3v) is 2.85. The number of aryl methyl sites for hydroxylation is 1. The molecule has 0 saturated carbocycles. The summed E-state index contributed by atoms with van der Waals surface area (Å²) in [7, 11) is 3.47. The zero-order chi connectivity index (χ0) is 14.1. The zero-order valence-corrected chi connectivity index (χ0v) is 15.0. The molecule has 1 rings (SSSR count). The summed E-state index contributed by atoms with van der Waals surface area (Å²) in [5.74, 6) is 0.802. The Hall–Kier alpha value is -0.890. The molecule has 0 aliphatic heterocycles. The summed E-state index contributed by atoms with van der Waals surface area (Å²) in [5, 5.41) is 6.57. The maximum absolute atomic E-state index is 5.09. The van der Waals surface area contributed by atoms with E-state index >= 15 is 0 Å². The number of hydrogen-bond acceptors (Lipinski definition) is 3. The minimum absolute atomic E-state index is 0. The Morgan fingerprint density at radius 2 is 2.25 bits per heavy atom. The van der Waals surface area contributed by atoms with E-state index < -0.39 is 0 Å². The van der Waals surface area contributed by atoms with Gasteiger partial charge in [-0.2, -0.15) is 0 Å². The second kappa shape index (κ2) is 10.8. The van der Waals surface area contributed by atoms with Gasteiger partial charge in [-0.3, -0.25) is 9.98 Å². The Labute approximate surface area is 138 Å². The normalized spacial score (nSPS) is 12.5. The van der Waals surface area contributed by atoms with Gasteiger partial charge in [-0.25, -0.2) is 0 Å². The lowest BCUT2D eigenvalue weighted by Gasteiger charge is -2.17. The van der Waals surface area contributed by atoms with Crippen molar-refractivity contribution >= 4 is 29.9 Å². The predicted molar refractivity (Wildman–Crippen MR) is 93.9 cm³/mol. The largest absolute Gasteiger partial charge is 0.383 e. The lowest BCUT2D eigenvalue weighted by molar-refractivity contribution is 0.179. The van der Waals surface area contributed by atoms with Crippen LogP contribution in [0.2, 0.25) is 0 Å². The average molecular weight is 392 g/mol. The van der Waals surface area contributed by atoms with Crippen molar-refractivity contribution in [1.82, 2.24) is 15.6 Å². The van der Waals surface area contributed by atoms with Crippen LogP contribution < -0.4 is 10.6 Å². The molecule has 1 atom stereocenters. The molecule has 0 aromatic carbocycles. The van der Waals surface area contributed by atoms with Gasteiger partial charge in [0.05, 0.1) is 6.61 Å². The van der Waals surface area contributed by atoms with Crippen LogP contribution in [0.3, 0.4) is 0 Å². The van der Waals surface area contributed by atoms with E-state index in [9.17, 15) is 0 Å². The molecule has 0 fully saturated rings. The van der Waals surface area contributed by atoms with Gasteiger partial charge < -0.3 is 15.4 Å². The molecule has 0 radical (unpaired) electrons. The Morgan fingerprint density at radius 3 is 2.85 bits per heavy atom. The lowest BCUT2D eigenvalue weighted by atomic mass is 10.1. The van der Waals surface area contributed by atoms with E-state index in [0.717, 1.165) is 18.9 Å². The molecule has 1 unspecified atom stereocenters. The maximum Gasteiger partial charge on any atom is 0.191 e. The number of rotatable bonds is 6. The minimum Gasteiger partial charge on any atom is -0.383 e. The number of ether oxygens (including phenoxy) is 1. The summed E-state index contributed by atoms with van der Waals surface area (Å²) in [4.78, 5) is 8.28. The number of methoxy groups -OCH3 is 1. The van der Waals surface area contributed by atoms with E-state index in [2.05, 4.69) is 40.5 Å². The first-order chi connectivity index (χ1) is 9.17. The maximum atomic E-state index is 5.09. The summed E-state index contributed by atoms with van der Waals surface area (Å²) in [6, 6.07) is 2.29. The third-order valence-electron chi connectivity index (χ3n) is 2.85. The van der Waals surface area contributed by atoms with E-state index in [1.165, 1.54) is 11.1 Å². The molecule has 5 nitrogen and oxygen atoms in total. The fourth-order valence-electron chi connectivity index (χ4n) is 1.82. The Morgan fingerprint density at radius 1 is 1.50 bits per heavy atom. The van der Waals surface area contributed by atoms with Crippen LogP contribution in [0.5, 0.6) is 0 Å². The van der Waals surface area contributed by atoms with E-state index in [-0.39, 0.29) is 30.0 Å². The standard InChI is InChI=1S/C14H24N4O.HI/c1-11-9-16-7-5-13(11)6-8-17-14(15-3)18-12(2)10-19-4;/h5,7,9,12H,6,8,10H2,1-4H3,(H2,15,17,18);1H. The number of nitrogens with zero attached hydrogens (tertiary/aromatic N) is 2. The molecule has 20 heavy (non-hydrogen) atoms. The predicted octanol–water partition coefficient (Wildman–Crippen LogP) is 1.75. The molecule has 0 aliphatic carbocycles. The van der Waals surface area contributed by atoms with Crippen molar-refractivity contribution in [2.45, 2.75) is 26.3 Å². The van der Waals surface area contributed by atoms with Gasteiger partial charge in [-0.05, 0) is 37.5 Å².